The minimum atomic E-state index is -0.558. The number of ether oxygens (including phenoxy) is 1. The van der Waals surface area contributed by atoms with Crippen LogP contribution < -0.4 is 10.9 Å². The molecular weight excluding hydrogens is 382 g/mol. The zero-order chi connectivity index (χ0) is 18.7. The number of H-pyrrole nitrogens is 1. The van der Waals surface area contributed by atoms with E-state index in [0.717, 1.165) is 23.1 Å². The zero-order valence-electron chi connectivity index (χ0n) is 13.7. The number of fused-ring (bicyclic) bond motifs is 1. The number of nitrogens with one attached hydrogen (secondary N) is 2. The number of amides is 1. The second kappa shape index (κ2) is 7.66. The van der Waals surface area contributed by atoms with Crippen LogP contribution in [0.25, 0.3) is 11.1 Å². The molecule has 3 heterocycles. The zero-order valence-corrected chi connectivity index (χ0v) is 15.3. The largest absolute Gasteiger partial charge is 0.465 e. The number of anilines is 1. The quantitative estimate of drug-likeness (QED) is 0.361. The number of hydrogen-bond donors (Lipinski definition) is 2. The highest BCUT2D eigenvalue weighted by molar-refractivity contribution is 8.01. The Balaban J connectivity index is 1.74. The summed E-state index contributed by atoms with van der Waals surface area (Å²) in [5, 5.41) is 10.6. The lowest BCUT2D eigenvalue weighted by Gasteiger charge is -1.99. The molecule has 136 valence electrons. The van der Waals surface area contributed by atoms with E-state index in [-0.39, 0.29) is 39.3 Å². The lowest BCUT2D eigenvalue weighted by molar-refractivity contribution is -0.139. The summed E-state index contributed by atoms with van der Waals surface area (Å²) >= 11 is 2.26. The monoisotopic (exact) mass is 395 g/mol. The Hall–Kier alpha value is -2.73. The van der Waals surface area contributed by atoms with Crippen molar-refractivity contribution >= 4 is 51.2 Å². The number of carbonyl (C=O) groups excluding carboxylic acids is 2. The summed E-state index contributed by atoms with van der Waals surface area (Å²) in [5.41, 5.74) is -0.301. The van der Waals surface area contributed by atoms with E-state index in [1.807, 2.05) is 0 Å². The molecule has 0 radical (unpaired) electrons. The van der Waals surface area contributed by atoms with Gasteiger partial charge in [0.1, 0.15) is 11.1 Å². The van der Waals surface area contributed by atoms with Crippen molar-refractivity contribution in [1.82, 2.24) is 20.2 Å². The van der Waals surface area contributed by atoms with E-state index >= 15 is 0 Å². The molecule has 3 rings (SSSR count). The van der Waals surface area contributed by atoms with Gasteiger partial charge in [0, 0.05) is 0 Å². The van der Waals surface area contributed by atoms with Crippen LogP contribution in [0.4, 0.5) is 5.13 Å². The number of rotatable bonds is 6. The fourth-order valence-corrected chi connectivity index (χ4v) is 3.67. The molecule has 0 spiro atoms. The lowest BCUT2D eigenvalue weighted by atomic mass is 10.2. The number of carbonyl (C=O) groups is 2. The number of aromatic nitrogens is 4. The standard InChI is InChI=1S/C14H13N5O5S2/c1-3-23-7(20)4-25-14-19-18-13(26-14)17-11(22)8-6(2)24-12-9(8)10(21)15-5-16-12/h5H,3-4H2,1-2H3,(H,15,16,21)(H,17,18,22). The number of nitrogens with zero attached hydrogens (tertiary/aromatic N) is 3. The van der Waals surface area contributed by atoms with E-state index in [9.17, 15) is 14.4 Å². The van der Waals surface area contributed by atoms with Crippen molar-refractivity contribution in [2.75, 3.05) is 17.7 Å². The van der Waals surface area contributed by atoms with Crippen LogP contribution in [0, 0.1) is 6.92 Å². The van der Waals surface area contributed by atoms with Gasteiger partial charge in [-0.05, 0) is 13.8 Å². The molecule has 0 bridgehead atoms. The minimum absolute atomic E-state index is 0.0731. The molecule has 26 heavy (non-hydrogen) atoms. The second-order valence-corrected chi connectivity index (χ2v) is 7.07. The SMILES string of the molecule is CCOC(=O)CSc1nnc(NC(=O)c2c(C)oc3nc[nH]c(=O)c23)s1. The van der Waals surface area contributed by atoms with Crippen molar-refractivity contribution in [3.8, 4) is 0 Å². The molecule has 0 aliphatic rings. The third-order valence-corrected chi connectivity index (χ3v) is 5.09. The normalized spacial score (nSPS) is 10.8. The van der Waals surface area contributed by atoms with Gasteiger partial charge in [0.25, 0.3) is 11.5 Å². The summed E-state index contributed by atoms with van der Waals surface area (Å²) in [6.45, 7) is 3.60. The summed E-state index contributed by atoms with van der Waals surface area (Å²) in [6.07, 6.45) is 1.20. The summed E-state index contributed by atoms with van der Waals surface area (Å²) in [5.74, 6) is -0.547. The average molecular weight is 395 g/mol. The van der Waals surface area contributed by atoms with Crippen LogP contribution >= 0.6 is 23.1 Å². The van der Waals surface area contributed by atoms with Crippen LogP contribution in [-0.2, 0) is 9.53 Å². The van der Waals surface area contributed by atoms with Gasteiger partial charge in [0.2, 0.25) is 10.8 Å². The molecule has 2 N–H and O–H groups in total. The van der Waals surface area contributed by atoms with Gasteiger partial charge in [-0.1, -0.05) is 23.1 Å². The molecule has 0 saturated carbocycles. The van der Waals surface area contributed by atoms with Crippen LogP contribution in [-0.4, -0.2) is 44.4 Å². The minimum Gasteiger partial charge on any atom is -0.465 e. The Morgan fingerprint density at radius 2 is 2.23 bits per heavy atom. The van der Waals surface area contributed by atoms with Gasteiger partial charge in [-0.2, -0.15) is 0 Å². The van der Waals surface area contributed by atoms with E-state index in [0.29, 0.717) is 10.9 Å². The smallest absolute Gasteiger partial charge is 0.316 e. The van der Waals surface area contributed by atoms with Crippen molar-refractivity contribution in [2.45, 2.75) is 18.2 Å². The van der Waals surface area contributed by atoms with E-state index in [1.165, 1.54) is 6.33 Å². The van der Waals surface area contributed by atoms with E-state index in [2.05, 4.69) is 25.5 Å². The number of aryl methyl sites for hydroxylation is 1. The fraction of sp³-hybridized carbons (Fsp3) is 0.286. The fourth-order valence-electron chi connectivity index (χ4n) is 2.13. The van der Waals surface area contributed by atoms with Crippen LogP contribution in [0.2, 0.25) is 0 Å². The summed E-state index contributed by atoms with van der Waals surface area (Å²) in [7, 11) is 0. The molecule has 0 aliphatic heterocycles. The van der Waals surface area contributed by atoms with E-state index < -0.39 is 11.5 Å². The van der Waals surface area contributed by atoms with Gasteiger partial charge in [-0.25, -0.2) is 4.98 Å². The Morgan fingerprint density at radius 1 is 1.42 bits per heavy atom. The molecule has 0 fully saturated rings. The molecule has 0 aromatic carbocycles. The Morgan fingerprint density at radius 3 is 3.00 bits per heavy atom. The Bertz CT molecular complexity index is 1020. The van der Waals surface area contributed by atoms with Crippen LogP contribution in [0.15, 0.2) is 19.9 Å². The van der Waals surface area contributed by atoms with Crippen LogP contribution in [0.5, 0.6) is 0 Å². The molecule has 0 atom stereocenters. The number of thioether (sulfide) groups is 1. The number of esters is 1. The highest BCUT2D eigenvalue weighted by Gasteiger charge is 2.22. The first kappa shape index (κ1) is 18.1. The first-order chi connectivity index (χ1) is 12.5. The topological polar surface area (TPSA) is 140 Å². The van der Waals surface area contributed by atoms with Gasteiger partial charge in [0.05, 0.1) is 24.3 Å². The third kappa shape index (κ3) is 3.75. The summed E-state index contributed by atoms with van der Waals surface area (Å²) < 4.78 is 10.7. The van der Waals surface area contributed by atoms with Crippen molar-refractivity contribution < 1.29 is 18.7 Å². The summed E-state index contributed by atoms with van der Waals surface area (Å²) in [4.78, 5) is 42.1. The highest BCUT2D eigenvalue weighted by atomic mass is 32.2. The number of furan rings is 1. The van der Waals surface area contributed by atoms with E-state index in [1.54, 1.807) is 13.8 Å². The number of aromatic amines is 1. The van der Waals surface area contributed by atoms with Gasteiger partial charge in [-0.15, -0.1) is 10.2 Å². The van der Waals surface area contributed by atoms with Gasteiger partial charge in [-0.3, -0.25) is 19.7 Å². The maximum Gasteiger partial charge on any atom is 0.316 e. The molecular formula is C14H13N5O5S2. The first-order valence-electron chi connectivity index (χ1n) is 7.39. The molecule has 0 saturated heterocycles. The second-order valence-electron chi connectivity index (χ2n) is 4.87. The van der Waals surface area contributed by atoms with Crippen molar-refractivity contribution in [1.29, 1.82) is 0 Å². The maximum absolute atomic E-state index is 12.5. The molecule has 3 aromatic heterocycles. The van der Waals surface area contributed by atoms with Crippen molar-refractivity contribution in [3.63, 3.8) is 0 Å². The van der Waals surface area contributed by atoms with Gasteiger partial charge in [0.15, 0.2) is 4.34 Å². The molecule has 3 aromatic rings. The highest BCUT2D eigenvalue weighted by Crippen LogP contribution is 2.27. The lowest BCUT2D eigenvalue weighted by Crippen LogP contribution is -2.16. The van der Waals surface area contributed by atoms with Crippen molar-refractivity contribution in [2.24, 2.45) is 0 Å². The predicted octanol–water partition coefficient (Wildman–Crippen LogP) is 1.58. The molecule has 0 unspecified atom stereocenters. The van der Waals surface area contributed by atoms with E-state index in [4.69, 9.17) is 9.15 Å². The predicted molar refractivity (Wildman–Crippen MR) is 94.6 cm³/mol. The molecule has 10 nitrogen and oxygen atoms in total. The molecule has 0 aliphatic carbocycles. The first-order valence-corrected chi connectivity index (χ1v) is 9.19. The molecule has 12 heteroatoms. The summed E-state index contributed by atoms with van der Waals surface area (Å²) in [6, 6.07) is 0. The Labute approximate surface area is 154 Å². The van der Waals surface area contributed by atoms with Gasteiger partial charge < -0.3 is 14.1 Å². The average Bonchev–Trinajstić information content (AvgIpc) is 3.17. The van der Waals surface area contributed by atoms with Gasteiger partial charge >= 0.3 is 5.97 Å². The van der Waals surface area contributed by atoms with Crippen LogP contribution in [0.1, 0.15) is 23.0 Å². The van der Waals surface area contributed by atoms with Crippen LogP contribution in [0.3, 0.4) is 0 Å². The molecule has 1 amide bonds. The number of hydrogen-bond acceptors (Lipinski definition) is 10. The Kier molecular flexibility index (Phi) is 5.32. The maximum atomic E-state index is 12.5. The third-order valence-electron chi connectivity index (χ3n) is 3.14. The van der Waals surface area contributed by atoms with Crippen molar-refractivity contribution in [3.05, 3.63) is 28.0 Å².